The van der Waals surface area contributed by atoms with E-state index in [0.717, 1.165) is 11.3 Å². The Balaban J connectivity index is 2.85. The molecule has 0 heterocycles. The Morgan fingerprint density at radius 1 is 1.48 bits per heavy atom. The number of aryl methyl sites for hydroxylation is 1. The Labute approximate surface area is 131 Å². The third kappa shape index (κ3) is 5.69. The number of rotatable bonds is 6. The van der Waals surface area contributed by atoms with Crippen molar-refractivity contribution in [3.63, 3.8) is 0 Å². The van der Waals surface area contributed by atoms with Gasteiger partial charge in [0.05, 0.1) is 12.0 Å². The summed E-state index contributed by atoms with van der Waals surface area (Å²) in [5.74, 6) is -0.836. The molecule has 3 N–H and O–H groups in total. The second-order valence-corrected chi connectivity index (χ2v) is 5.67. The van der Waals surface area contributed by atoms with E-state index in [4.69, 9.17) is 17.3 Å². The normalized spacial score (nSPS) is 15.5. The van der Waals surface area contributed by atoms with Crippen molar-refractivity contribution in [1.29, 1.82) is 0 Å². The number of nitrogens with zero attached hydrogens (tertiary/aromatic N) is 1. The van der Waals surface area contributed by atoms with Crippen LogP contribution in [0, 0.1) is 12.8 Å². The van der Waals surface area contributed by atoms with Gasteiger partial charge in [-0.05, 0) is 38.5 Å². The minimum atomic E-state index is -0.609. The van der Waals surface area contributed by atoms with E-state index in [9.17, 15) is 4.79 Å². The molecule has 1 rings (SSSR count). The Morgan fingerprint density at radius 2 is 2.14 bits per heavy atom. The Kier molecular flexibility index (Phi) is 6.59. The molecule has 2 unspecified atom stereocenters. The lowest BCUT2D eigenvalue weighted by molar-refractivity contribution is -0.119. The largest absolute Gasteiger partial charge is 0.325 e. The highest BCUT2D eigenvalue weighted by Crippen LogP contribution is 2.22. The van der Waals surface area contributed by atoms with Crippen molar-refractivity contribution in [3.05, 3.63) is 41.4 Å². The van der Waals surface area contributed by atoms with Crippen molar-refractivity contribution in [3.8, 4) is 0 Å². The minimum Gasteiger partial charge on any atom is -0.325 e. The summed E-state index contributed by atoms with van der Waals surface area (Å²) in [6.45, 7) is 9.27. The molecule has 21 heavy (non-hydrogen) atoms. The maximum Gasteiger partial charge on any atom is 0.234 e. The smallest absolute Gasteiger partial charge is 0.234 e. The number of anilines is 1. The number of hydrogen-bond acceptors (Lipinski definition) is 3. The summed E-state index contributed by atoms with van der Waals surface area (Å²) in [5, 5.41) is 3.10. The van der Waals surface area contributed by atoms with Gasteiger partial charge in [0.2, 0.25) is 5.91 Å². The molecule has 1 amide bonds. The number of halogens is 1. The summed E-state index contributed by atoms with van der Waals surface area (Å²) in [5.41, 5.74) is 7.42. The number of amides is 1. The molecule has 3 atom stereocenters. The molecule has 0 radical (unpaired) electrons. The summed E-state index contributed by atoms with van der Waals surface area (Å²) in [7, 11) is 0. The minimum absolute atomic E-state index is 0.170. The summed E-state index contributed by atoms with van der Waals surface area (Å²) < 4.78 is 0. The summed E-state index contributed by atoms with van der Waals surface area (Å²) in [6.07, 6.45) is 1.61. The Bertz CT molecular complexity index is 540. The van der Waals surface area contributed by atoms with Crippen LogP contribution in [0.15, 0.2) is 40.9 Å². The first kappa shape index (κ1) is 17.4. The van der Waals surface area contributed by atoms with Crippen LogP contribution in [0.3, 0.4) is 0 Å². The van der Waals surface area contributed by atoms with E-state index in [1.165, 1.54) is 0 Å². The monoisotopic (exact) mass is 307 g/mol. The van der Waals surface area contributed by atoms with Gasteiger partial charge >= 0.3 is 0 Å². The number of carbonyl (C=O) groups excluding carboxylic acids is 1. The van der Waals surface area contributed by atoms with Crippen LogP contribution in [0.1, 0.15) is 19.4 Å². The van der Waals surface area contributed by atoms with Gasteiger partial charge in [0.15, 0.2) is 0 Å². The summed E-state index contributed by atoms with van der Waals surface area (Å²) >= 11 is 5.99. The van der Waals surface area contributed by atoms with E-state index in [2.05, 4.69) is 16.9 Å². The SMILES string of the molecule is C=C(Cl)C(C(=O)Nc1cccc(C)c1)C(C)/N=C/[C@H](C)N. The van der Waals surface area contributed by atoms with Crippen molar-refractivity contribution in [2.45, 2.75) is 32.9 Å². The van der Waals surface area contributed by atoms with Crippen molar-refractivity contribution in [2.75, 3.05) is 5.32 Å². The second-order valence-electron chi connectivity index (χ2n) is 5.18. The van der Waals surface area contributed by atoms with Gasteiger partial charge in [0, 0.05) is 23.0 Å². The average Bonchev–Trinajstić information content (AvgIpc) is 2.35. The van der Waals surface area contributed by atoms with Gasteiger partial charge < -0.3 is 11.1 Å². The average molecular weight is 308 g/mol. The van der Waals surface area contributed by atoms with Crippen LogP contribution in [-0.2, 0) is 4.79 Å². The zero-order chi connectivity index (χ0) is 16.0. The molecule has 0 aliphatic heterocycles. The third-order valence-electron chi connectivity index (χ3n) is 2.94. The first-order valence-electron chi connectivity index (χ1n) is 6.82. The predicted octanol–water partition coefficient (Wildman–Crippen LogP) is 3.11. The molecular formula is C16H22ClN3O. The first-order chi connectivity index (χ1) is 9.81. The number of aliphatic imine (C=N–C) groups is 1. The highest BCUT2D eigenvalue weighted by Gasteiger charge is 2.26. The highest BCUT2D eigenvalue weighted by molar-refractivity contribution is 6.31. The molecule has 1 aromatic rings. The fourth-order valence-corrected chi connectivity index (χ4v) is 2.20. The first-order valence-corrected chi connectivity index (χ1v) is 7.19. The number of nitrogens with two attached hydrogens (primary N) is 1. The summed E-state index contributed by atoms with van der Waals surface area (Å²) in [4.78, 5) is 16.7. The Hall–Kier alpha value is -1.65. The van der Waals surface area contributed by atoms with Gasteiger partial charge in [-0.25, -0.2) is 0 Å². The van der Waals surface area contributed by atoms with Crippen molar-refractivity contribution < 1.29 is 4.79 Å². The van der Waals surface area contributed by atoms with E-state index < -0.39 is 5.92 Å². The molecule has 0 spiro atoms. The lowest BCUT2D eigenvalue weighted by Crippen LogP contribution is -2.31. The van der Waals surface area contributed by atoms with Gasteiger partial charge in [0.1, 0.15) is 0 Å². The molecule has 0 bridgehead atoms. The van der Waals surface area contributed by atoms with E-state index in [1.807, 2.05) is 45.0 Å². The maximum atomic E-state index is 12.4. The van der Waals surface area contributed by atoms with Crippen LogP contribution in [0.4, 0.5) is 5.69 Å². The fourth-order valence-electron chi connectivity index (χ4n) is 1.92. The number of hydrogen-bond donors (Lipinski definition) is 2. The Morgan fingerprint density at radius 3 is 2.67 bits per heavy atom. The molecule has 5 heteroatoms. The number of carbonyl (C=O) groups is 1. The van der Waals surface area contributed by atoms with Crippen LogP contribution >= 0.6 is 11.6 Å². The number of nitrogens with one attached hydrogen (secondary N) is 1. The molecule has 0 saturated heterocycles. The van der Waals surface area contributed by atoms with E-state index >= 15 is 0 Å². The van der Waals surface area contributed by atoms with Crippen LogP contribution in [0.5, 0.6) is 0 Å². The second kappa shape index (κ2) is 7.96. The van der Waals surface area contributed by atoms with Gasteiger partial charge in [-0.1, -0.05) is 30.3 Å². The van der Waals surface area contributed by atoms with Gasteiger partial charge in [0.25, 0.3) is 0 Å². The van der Waals surface area contributed by atoms with E-state index in [1.54, 1.807) is 6.21 Å². The molecule has 4 nitrogen and oxygen atoms in total. The predicted molar refractivity (Wildman–Crippen MR) is 89.9 cm³/mol. The molecule has 114 valence electrons. The standard InChI is InChI=1S/C16H22ClN3O/c1-10-6-5-7-14(8-10)20-16(21)15(12(3)17)13(4)19-9-11(2)18/h5-9,11,13,15H,3,18H2,1-2,4H3,(H,20,21)/b19-9+/t11-,13?,15?/m0/s1. The van der Waals surface area contributed by atoms with Crippen LogP contribution < -0.4 is 11.1 Å². The van der Waals surface area contributed by atoms with Crippen molar-refractivity contribution >= 4 is 29.4 Å². The molecule has 0 aliphatic carbocycles. The van der Waals surface area contributed by atoms with Crippen LogP contribution in [0.2, 0.25) is 0 Å². The lowest BCUT2D eigenvalue weighted by atomic mass is 10.00. The molecule has 0 saturated carbocycles. The lowest BCUT2D eigenvalue weighted by Gasteiger charge is -2.20. The topological polar surface area (TPSA) is 67.5 Å². The quantitative estimate of drug-likeness (QED) is 0.793. The zero-order valence-electron chi connectivity index (χ0n) is 12.6. The maximum absolute atomic E-state index is 12.4. The third-order valence-corrected chi connectivity index (χ3v) is 3.18. The van der Waals surface area contributed by atoms with Crippen LogP contribution in [-0.4, -0.2) is 24.2 Å². The molecule has 1 aromatic carbocycles. The van der Waals surface area contributed by atoms with Crippen LogP contribution in [0.25, 0.3) is 0 Å². The molecule has 0 aromatic heterocycles. The molecule has 0 aliphatic rings. The van der Waals surface area contributed by atoms with Crippen molar-refractivity contribution in [1.82, 2.24) is 0 Å². The fraction of sp³-hybridized carbons (Fsp3) is 0.375. The molecular weight excluding hydrogens is 286 g/mol. The highest BCUT2D eigenvalue weighted by atomic mass is 35.5. The molecule has 0 fully saturated rings. The zero-order valence-corrected chi connectivity index (χ0v) is 13.4. The van der Waals surface area contributed by atoms with E-state index in [0.29, 0.717) is 0 Å². The van der Waals surface area contributed by atoms with Crippen molar-refractivity contribution in [2.24, 2.45) is 16.6 Å². The summed E-state index contributed by atoms with van der Waals surface area (Å²) in [6, 6.07) is 7.06. The number of benzene rings is 1. The van der Waals surface area contributed by atoms with E-state index in [-0.39, 0.29) is 23.0 Å². The van der Waals surface area contributed by atoms with Gasteiger partial charge in [-0.15, -0.1) is 0 Å². The van der Waals surface area contributed by atoms with Gasteiger partial charge in [-0.2, -0.15) is 0 Å². The van der Waals surface area contributed by atoms with Gasteiger partial charge in [-0.3, -0.25) is 9.79 Å².